The maximum absolute atomic E-state index is 11.7. The highest BCUT2D eigenvalue weighted by atomic mass is 32.2. The molecule has 0 spiro atoms. The number of sulfonamides is 1. The van der Waals surface area contributed by atoms with Crippen molar-refractivity contribution >= 4 is 16.0 Å². The molecule has 0 bridgehead atoms. The first-order chi connectivity index (χ1) is 7.83. The lowest BCUT2D eigenvalue weighted by Gasteiger charge is -2.08. The molecule has 1 rings (SSSR count). The molecule has 1 aromatic rings. The number of aromatic carboxylic acids is 1. The van der Waals surface area contributed by atoms with Gasteiger partial charge in [0, 0.05) is 6.20 Å². The van der Waals surface area contributed by atoms with E-state index in [0.717, 1.165) is 17.2 Å². The Kier molecular flexibility index (Phi) is 4.27. The Morgan fingerprint density at radius 2 is 2.18 bits per heavy atom. The average molecular weight is 261 g/mol. The monoisotopic (exact) mass is 261 g/mol. The molecule has 0 saturated carbocycles. The first-order valence-electron chi connectivity index (χ1n) is 5.01. The van der Waals surface area contributed by atoms with E-state index in [1.807, 2.05) is 14.1 Å². The fraction of sp³-hybridized carbons (Fsp3) is 0.444. The highest BCUT2D eigenvalue weighted by Gasteiger charge is 2.16. The molecule has 0 aliphatic heterocycles. The number of aromatic nitrogens is 1. The quantitative estimate of drug-likeness (QED) is 0.501. The Morgan fingerprint density at radius 3 is 2.65 bits per heavy atom. The first kappa shape index (κ1) is 13.7. The molecule has 3 N–H and O–H groups in total. The molecule has 0 aromatic carbocycles. The Bertz CT molecular complexity index is 492. The van der Waals surface area contributed by atoms with Gasteiger partial charge in [0.2, 0.25) is 10.0 Å². The number of aromatic amines is 1. The van der Waals surface area contributed by atoms with Gasteiger partial charge < -0.3 is 19.8 Å². The highest BCUT2D eigenvalue weighted by Crippen LogP contribution is 2.09. The molecule has 17 heavy (non-hydrogen) atoms. The largest absolute Gasteiger partial charge is 0.543 e. The van der Waals surface area contributed by atoms with Crippen molar-refractivity contribution < 1.29 is 23.2 Å². The van der Waals surface area contributed by atoms with Crippen LogP contribution in [0.2, 0.25) is 0 Å². The van der Waals surface area contributed by atoms with Crippen molar-refractivity contribution in [2.75, 3.05) is 27.2 Å². The van der Waals surface area contributed by atoms with Crippen LogP contribution in [0.5, 0.6) is 0 Å². The molecular formula is C9H15N3O4S. The Labute approximate surface area is 99.5 Å². The van der Waals surface area contributed by atoms with Gasteiger partial charge in [0.25, 0.3) is 0 Å². The van der Waals surface area contributed by atoms with Gasteiger partial charge in [0.1, 0.15) is 4.90 Å². The Balaban J connectivity index is 2.72. The number of H-pyrrole nitrogens is 1. The smallest absolute Gasteiger partial charge is 0.242 e. The number of likely N-dealkylation sites (N-methyl/N-ethyl adjacent to an activating group) is 1. The van der Waals surface area contributed by atoms with Crippen molar-refractivity contribution in [1.82, 2.24) is 9.71 Å². The summed E-state index contributed by atoms with van der Waals surface area (Å²) in [6, 6.07) is 1.03. The van der Waals surface area contributed by atoms with Gasteiger partial charge in [0.15, 0.2) is 0 Å². The van der Waals surface area contributed by atoms with E-state index < -0.39 is 16.0 Å². The molecule has 0 fully saturated rings. The van der Waals surface area contributed by atoms with Crippen LogP contribution in [0.25, 0.3) is 0 Å². The lowest BCUT2D eigenvalue weighted by molar-refractivity contribution is -0.856. The van der Waals surface area contributed by atoms with E-state index in [4.69, 9.17) is 0 Å². The second-order valence-electron chi connectivity index (χ2n) is 3.89. The SMILES string of the molecule is C[NH+](C)CCNS(=O)(=O)c1c[nH]c(C(=O)[O-])c1. The summed E-state index contributed by atoms with van der Waals surface area (Å²) >= 11 is 0. The van der Waals surface area contributed by atoms with Crippen LogP contribution in [0.3, 0.4) is 0 Å². The van der Waals surface area contributed by atoms with E-state index in [-0.39, 0.29) is 17.1 Å². The number of rotatable bonds is 6. The van der Waals surface area contributed by atoms with Crippen LogP contribution in [0.1, 0.15) is 10.5 Å². The number of carbonyl (C=O) groups excluding carboxylic acids is 1. The van der Waals surface area contributed by atoms with E-state index in [0.29, 0.717) is 6.54 Å². The second-order valence-corrected chi connectivity index (χ2v) is 5.66. The maximum Gasteiger partial charge on any atom is 0.242 e. The lowest BCUT2D eigenvalue weighted by Crippen LogP contribution is -3.06. The summed E-state index contributed by atoms with van der Waals surface area (Å²) in [5, 5.41) is 10.5. The predicted molar refractivity (Wildman–Crippen MR) is 58.0 cm³/mol. The van der Waals surface area contributed by atoms with E-state index in [9.17, 15) is 18.3 Å². The van der Waals surface area contributed by atoms with E-state index in [1.54, 1.807) is 0 Å². The topological polar surface area (TPSA) is 107 Å². The zero-order chi connectivity index (χ0) is 13.1. The highest BCUT2D eigenvalue weighted by molar-refractivity contribution is 7.89. The van der Waals surface area contributed by atoms with Crippen LogP contribution in [-0.4, -0.2) is 46.6 Å². The zero-order valence-electron chi connectivity index (χ0n) is 9.61. The molecule has 8 heteroatoms. The van der Waals surface area contributed by atoms with Crippen molar-refractivity contribution in [2.24, 2.45) is 0 Å². The molecule has 0 atom stereocenters. The standard InChI is InChI=1S/C9H15N3O4S/c1-12(2)4-3-11-17(15,16)7-5-8(9(13)14)10-6-7/h5-6,10-11H,3-4H2,1-2H3,(H,13,14). The van der Waals surface area contributed by atoms with E-state index in [1.165, 1.54) is 0 Å². The van der Waals surface area contributed by atoms with Gasteiger partial charge >= 0.3 is 0 Å². The van der Waals surface area contributed by atoms with Crippen LogP contribution >= 0.6 is 0 Å². The number of nitrogens with one attached hydrogen (secondary N) is 3. The third-order valence-corrected chi connectivity index (χ3v) is 3.54. The minimum absolute atomic E-state index is 0.106. The predicted octanol–water partition coefficient (Wildman–Crippen LogP) is -3.20. The number of carbonyl (C=O) groups is 1. The minimum Gasteiger partial charge on any atom is -0.543 e. The van der Waals surface area contributed by atoms with Crippen molar-refractivity contribution in [2.45, 2.75) is 4.90 Å². The van der Waals surface area contributed by atoms with E-state index in [2.05, 4.69) is 9.71 Å². The molecule has 7 nitrogen and oxygen atoms in total. The third-order valence-electron chi connectivity index (χ3n) is 2.10. The summed E-state index contributed by atoms with van der Waals surface area (Å²) in [6.07, 6.45) is 1.12. The molecule has 0 saturated heterocycles. The van der Waals surface area contributed by atoms with Gasteiger partial charge in [0.05, 0.1) is 38.8 Å². The van der Waals surface area contributed by atoms with Gasteiger partial charge in [-0.25, -0.2) is 13.1 Å². The molecule has 96 valence electrons. The third kappa shape index (κ3) is 3.84. The van der Waals surface area contributed by atoms with Crippen molar-refractivity contribution in [1.29, 1.82) is 0 Å². The number of hydrogen-bond donors (Lipinski definition) is 3. The number of carboxylic acids is 1. The van der Waals surface area contributed by atoms with Gasteiger partial charge in [-0.1, -0.05) is 0 Å². The molecule has 0 radical (unpaired) electrons. The zero-order valence-corrected chi connectivity index (χ0v) is 10.4. The first-order valence-corrected chi connectivity index (χ1v) is 6.49. The van der Waals surface area contributed by atoms with Crippen molar-refractivity contribution in [3.8, 4) is 0 Å². The fourth-order valence-corrected chi connectivity index (χ4v) is 2.19. The van der Waals surface area contributed by atoms with Gasteiger partial charge in [-0.05, 0) is 6.07 Å². The van der Waals surface area contributed by atoms with Crippen LogP contribution in [0.15, 0.2) is 17.2 Å². The number of hydrogen-bond acceptors (Lipinski definition) is 4. The average Bonchev–Trinajstić information content (AvgIpc) is 2.65. The summed E-state index contributed by atoms with van der Waals surface area (Å²) in [7, 11) is 0.149. The Morgan fingerprint density at radius 1 is 1.53 bits per heavy atom. The molecule has 0 unspecified atom stereocenters. The van der Waals surface area contributed by atoms with Crippen molar-refractivity contribution in [3.05, 3.63) is 18.0 Å². The van der Waals surface area contributed by atoms with Gasteiger partial charge in [-0.3, -0.25) is 0 Å². The molecule has 1 heterocycles. The Hall–Kier alpha value is -1.38. The molecular weight excluding hydrogens is 246 g/mol. The summed E-state index contributed by atoms with van der Waals surface area (Å²) in [5.74, 6) is -1.44. The van der Waals surface area contributed by atoms with Crippen LogP contribution < -0.4 is 14.7 Å². The van der Waals surface area contributed by atoms with E-state index >= 15 is 0 Å². The molecule has 0 amide bonds. The minimum atomic E-state index is -3.65. The summed E-state index contributed by atoms with van der Waals surface area (Å²) in [6.45, 7) is 0.924. The summed E-state index contributed by atoms with van der Waals surface area (Å²) in [4.78, 5) is 13.8. The summed E-state index contributed by atoms with van der Waals surface area (Å²) in [5.41, 5.74) is -0.261. The van der Waals surface area contributed by atoms with Crippen LogP contribution in [0, 0.1) is 0 Å². The maximum atomic E-state index is 11.7. The molecule has 1 aromatic heterocycles. The summed E-state index contributed by atoms with van der Waals surface area (Å²) < 4.78 is 25.8. The van der Waals surface area contributed by atoms with Crippen LogP contribution in [0.4, 0.5) is 0 Å². The number of carboxylic acid groups (broad SMARTS) is 1. The fourth-order valence-electron chi connectivity index (χ4n) is 1.17. The van der Waals surface area contributed by atoms with Crippen LogP contribution in [-0.2, 0) is 10.0 Å². The normalized spacial score (nSPS) is 11.9. The number of quaternary nitrogens is 1. The van der Waals surface area contributed by atoms with Crippen molar-refractivity contribution in [3.63, 3.8) is 0 Å². The van der Waals surface area contributed by atoms with Gasteiger partial charge in [-0.2, -0.15) is 0 Å². The van der Waals surface area contributed by atoms with Gasteiger partial charge in [-0.15, -0.1) is 0 Å². The second kappa shape index (κ2) is 5.30. The lowest BCUT2D eigenvalue weighted by atomic mass is 10.4. The molecule has 0 aliphatic carbocycles. The molecule has 0 aliphatic rings.